The van der Waals surface area contributed by atoms with Gasteiger partial charge in [0.05, 0.1) is 12.2 Å². The van der Waals surface area contributed by atoms with Crippen molar-refractivity contribution < 1.29 is 4.79 Å². The molecular weight excluding hydrogens is 302 g/mol. The zero-order valence-corrected chi connectivity index (χ0v) is 13.9. The van der Waals surface area contributed by atoms with Crippen LogP contribution < -0.4 is 16.0 Å². The van der Waals surface area contributed by atoms with Crippen molar-refractivity contribution in [2.45, 2.75) is 38.8 Å². The highest BCUT2D eigenvalue weighted by Crippen LogP contribution is 2.14. The molecule has 0 spiro atoms. The zero-order valence-electron chi connectivity index (χ0n) is 13.9. The summed E-state index contributed by atoms with van der Waals surface area (Å²) in [7, 11) is 0. The number of para-hydroxylation sites is 1. The van der Waals surface area contributed by atoms with Crippen LogP contribution in [-0.4, -0.2) is 28.7 Å². The van der Waals surface area contributed by atoms with Gasteiger partial charge in [-0.1, -0.05) is 18.2 Å². The third kappa shape index (κ3) is 4.75. The standard InChI is InChI=1S/C18H25N5O/c24-18(20-11-6-10-19-15-7-2-1-3-8-15)21-13-16-14-23-12-5-4-9-17(23)22-16/h1-3,7-8,14,19H,4-6,9-13H2,(H2,20,21,24). The molecule has 0 saturated carbocycles. The molecule has 6 nitrogen and oxygen atoms in total. The summed E-state index contributed by atoms with van der Waals surface area (Å²) in [6.45, 7) is 3.00. The second-order valence-corrected chi connectivity index (χ2v) is 6.05. The number of hydrogen-bond acceptors (Lipinski definition) is 3. The number of imidazole rings is 1. The van der Waals surface area contributed by atoms with Crippen molar-refractivity contribution in [3.8, 4) is 0 Å². The average Bonchev–Trinajstić information content (AvgIpc) is 3.03. The number of benzene rings is 1. The number of nitrogens with one attached hydrogen (secondary N) is 3. The van der Waals surface area contributed by atoms with Gasteiger partial charge >= 0.3 is 6.03 Å². The van der Waals surface area contributed by atoms with Gasteiger partial charge in [-0.25, -0.2) is 9.78 Å². The number of anilines is 1. The highest BCUT2D eigenvalue weighted by atomic mass is 16.2. The number of fused-ring (bicyclic) bond motifs is 1. The highest BCUT2D eigenvalue weighted by Gasteiger charge is 2.12. The fourth-order valence-corrected chi connectivity index (χ4v) is 2.87. The monoisotopic (exact) mass is 327 g/mol. The maximum Gasteiger partial charge on any atom is 0.315 e. The Kier molecular flexibility index (Phi) is 5.71. The molecule has 0 aliphatic carbocycles. The van der Waals surface area contributed by atoms with Gasteiger partial charge in [0.15, 0.2) is 0 Å². The Hall–Kier alpha value is -2.50. The Balaban J connectivity index is 1.29. The van der Waals surface area contributed by atoms with E-state index < -0.39 is 0 Å². The predicted molar refractivity (Wildman–Crippen MR) is 95.0 cm³/mol. The maximum absolute atomic E-state index is 11.8. The van der Waals surface area contributed by atoms with Crippen LogP contribution in [0.2, 0.25) is 0 Å². The Labute approximate surface area is 142 Å². The van der Waals surface area contributed by atoms with E-state index in [-0.39, 0.29) is 6.03 Å². The van der Waals surface area contributed by atoms with Crippen LogP contribution in [0.25, 0.3) is 0 Å². The second-order valence-electron chi connectivity index (χ2n) is 6.05. The van der Waals surface area contributed by atoms with Crippen LogP contribution >= 0.6 is 0 Å². The summed E-state index contributed by atoms with van der Waals surface area (Å²) in [6.07, 6.45) is 6.40. The number of hydrogen-bond donors (Lipinski definition) is 3. The number of nitrogens with zero attached hydrogens (tertiary/aromatic N) is 2. The average molecular weight is 327 g/mol. The van der Waals surface area contributed by atoms with E-state index in [9.17, 15) is 4.79 Å². The summed E-state index contributed by atoms with van der Waals surface area (Å²) in [5.41, 5.74) is 2.04. The molecule has 0 atom stereocenters. The van der Waals surface area contributed by atoms with E-state index >= 15 is 0 Å². The van der Waals surface area contributed by atoms with Gasteiger partial charge in [-0.15, -0.1) is 0 Å². The summed E-state index contributed by atoms with van der Waals surface area (Å²) >= 11 is 0. The van der Waals surface area contributed by atoms with Crippen molar-refractivity contribution in [2.75, 3.05) is 18.4 Å². The Bertz CT molecular complexity index is 629. The third-order valence-corrected chi connectivity index (χ3v) is 4.13. The SMILES string of the molecule is O=C(NCCCNc1ccccc1)NCc1cn2c(n1)CCCC2. The molecule has 1 aliphatic heterocycles. The number of urea groups is 1. The van der Waals surface area contributed by atoms with Crippen LogP contribution in [-0.2, 0) is 19.5 Å². The van der Waals surface area contributed by atoms with Gasteiger partial charge in [0.2, 0.25) is 0 Å². The minimum Gasteiger partial charge on any atom is -0.385 e. The Morgan fingerprint density at radius 3 is 2.83 bits per heavy atom. The first-order valence-electron chi connectivity index (χ1n) is 8.67. The van der Waals surface area contributed by atoms with Gasteiger partial charge in [0.1, 0.15) is 5.82 Å². The largest absolute Gasteiger partial charge is 0.385 e. The number of aryl methyl sites for hydroxylation is 2. The van der Waals surface area contributed by atoms with Gasteiger partial charge < -0.3 is 20.5 Å². The van der Waals surface area contributed by atoms with Gasteiger partial charge in [-0.2, -0.15) is 0 Å². The second kappa shape index (κ2) is 8.38. The molecule has 24 heavy (non-hydrogen) atoms. The molecule has 0 fully saturated rings. The van der Waals surface area contributed by atoms with E-state index in [2.05, 4.69) is 31.7 Å². The molecule has 1 aromatic heterocycles. The Morgan fingerprint density at radius 2 is 2.00 bits per heavy atom. The van der Waals surface area contributed by atoms with Crippen LogP contribution in [0, 0.1) is 0 Å². The van der Waals surface area contributed by atoms with E-state index in [1.807, 2.05) is 30.3 Å². The summed E-state index contributed by atoms with van der Waals surface area (Å²) in [6, 6.07) is 9.92. The minimum absolute atomic E-state index is 0.138. The van der Waals surface area contributed by atoms with Crippen molar-refractivity contribution in [1.82, 2.24) is 20.2 Å². The highest BCUT2D eigenvalue weighted by molar-refractivity contribution is 5.73. The molecule has 1 aliphatic rings. The molecule has 0 saturated heterocycles. The van der Waals surface area contributed by atoms with Gasteiger partial charge in [-0.3, -0.25) is 0 Å². The van der Waals surface area contributed by atoms with Crippen molar-refractivity contribution in [3.05, 3.63) is 48.0 Å². The van der Waals surface area contributed by atoms with E-state index in [0.717, 1.165) is 43.1 Å². The molecule has 6 heteroatoms. The Morgan fingerprint density at radius 1 is 1.12 bits per heavy atom. The third-order valence-electron chi connectivity index (χ3n) is 4.13. The lowest BCUT2D eigenvalue weighted by Gasteiger charge is -2.11. The number of carbonyl (C=O) groups is 1. The molecule has 3 N–H and O–H groups in total. The number of aromatic nitrogens is 2. The predicted octanol–water partition coefficient (Wildman–Crippen LogP) is 2.52. The normalized spacial score (nSPS) is 13.2. The molecule has 128 valence electrons. The molecule has 0 unspecified atom stereocenters. The van der Waals surface area contributed by atoms with Crippen LogP contribution in [0.4, 0.5) is 10.5 Å². The summed E-state index contributed by atoms with van der Waals surface area (Å²) in [4.78, 5) is 16.4. The fourth-order valence-electron chi connectivity index (χ4n) is 2.87. The molecular formula is C18H25N5O. The fraction of sp³-hybridized carbons (Fsp3) is 0.444. The van der Waals surface area contributed by atoms with E-state index in [4.69, 9.17) is 0 Å². The van der Waals surface area contributed by atoms with Crippen LogP contribution in [0.3, 0.4) is 0 Å². The van der Waals surface area contributed by atoms with Crippen LogP contribution in [0.5, 0.6) is 0 Å². The number of carbonyl (C=O) groups excluding carboxylic acids is 1. The lowest BCUT2D eigenvalue weighted by atomic mass is 10.2. The maximum atomic E-state index is 11.8. The summed E-state index contributed by atoms with van der Waals surface area (Å²) in [5.74, 6) is 1.14. The summed E-state index contributed by atoms with van der Waals surface area (Å²) < 4.78 is 2.20. The van der Waals surface area contributed by atoms with E-state index in [0.29, 0.717) is 13.1 Å². The van der Waals surface area contributed by atoms with Crippen LogP contribution in [0.15, 0.2) is 36.5 Å². The molecule has 3 rings (SSSR count). The molecule has 1 aromatic carbocycles. The minimum atomic E-state index is -0.138. The molecule has 2 aromatic rings. The van der Waals surface area contributed by atoms with Crippen molar-refractivity contribution in [3.63, 3.8) is 0 Å². The first kappa shape index (κ1) is 16.4. The molecule has 0 bridgehead atoms. The molecule has 2 heterocycles. The smallest absolute Gasteiger partial charge is 0.315 e. The lowest BCUT2D eigenvalue weighted by Crippen LogP contribution is -2.36. The quantitative estimate of drug-likeness (QED) is 0.684. The first-order chi connectivity index (χ1) is 11.8. The number of amides is 2. The van der Waals surface area contributed by atoms with Crippen molar-refractivity contribution >= 4 is 11.7 Å². The molecule has 0 radical (unpaired) electrons. The molecule has 2 amide bonds. The first-order valence-corrected chi connectivity index (χ1v) is 8.67. The van der Waals surface area contributed by atoms with E-state index in [1.54, 1.807) is 0 Å². The zero-order chi connectivity index (χ0) is 16.6. The summed E-state index contributed by atoms with van der Waals surface area (Å²) in [5, 5.41) is 9.07. The lowest BCUT2D eigenvalue weighted by molar-refractivity contribution is 0.240. The topological polar surface area (TPSA) is 71.0 Å². The van der Waals surface area contributed by atoms with Gasteiger partial charge in [-0.05, 0) is 31.4 Å². The van der Waals surface area contributed by atoms with E-state index in [1.165, 1.54) is 12.8 Å². The van der Waals surface area contributed by atoms with Crippen molar-refractivity contribution in [1.29, 1.82) is 0 Å². The van der Waals surface area contributed by atoms with Crippen molar-refractivity contribution in [2.24, 2.45) is 0 Å². The van der Waals surface area contributed by atoms with Crippen LogP contribution in [0.1, 0.15) is 30.8 Å². The van der Waals surface area contributed by atoms with Gasteiger partial charge in [0, 0.05) is 37.9 Å². The number of rotatable bonds is 7. The van der Waals surface area contributed by atoms with Gasteiger partial charge in [0.25, 0.3) is 0 Å².